The molecule has 1 amide bonds. The molecular weight excluding hydrogens is 240 g/mol. The van der Waals surface area contributed by atoms with Crippen molar-refractivity contribution >= 4 is 11.8 Å². The summed E-state index contributed by atoms with van der Waals surface area (Å²) in [5.41, 5.74) is 2.20. The predicted octanol–water partition coefficient (Wildman–Crippen LogP) is -1.26. The summed E-state index contributed by atoms with van der Waals surface area (Å²) in [6.45, 7) is 0.303. The summed E-state index contributed by atoms with van der Waals surface area (Å²) in [6.07, 6.45) is -0.407. The number of hydrogen-bond donors (Lipinski definition) is 1. The first-order valence-corrected chi connectivity index (χ1v) is 5.19. The molecule has 5 heteroatoms. The van der Waals surface area contributed by atoms with E-state index in [1.54, 1.807) is 7.05 Å². The van der Waals surface area contributed by atoms with Gasteiger partial charge in [-0.3, -0.25) is 4.48 Å². The van der Waals surface area contributed by atoms with E-state index in [4.69, 9.17) is 4.74 Å². The lowest BCUT2D eigenvalue weighted by Crippen LogP contribution is -3.00. The highest BCUT2D eigenvalue weighted by atomic mass is 35.5. The van der Waals surface area contributed by atoms with Gasteiger partial charge in [-0.25, -0.2) is 4.79 Å². The number of ether oxygens (including phenoxy) is 1. The zero-order valence-electron chi connectivity index (χ0n) is 10.7. The van der Waals surface area contributed by atoms with E-state index in [1.165, 1.54) is 5.69 Å². The SMILES string of the molecule is CNC(=O)OCc1ccc([N+](C)(C)C)cc1.[Cl-]. The minimum atomic E-state index is -0.407. The van der Waals surface area contributed by atoms with E-state index in [0.717, 1.165) is 10.0 Å². The van der Waals surface area contributed by atoms with Crippen LogP contribution in [0.25, 0.3) is 0 Å². The number of carbonyl (C=O) groups is 1. The molecule has 0 unspecified atom stereocenters. The number of nitrogens with zero attached hydrogens (tertiary/aromatic N) is 1. The molecule has 0 aliphatic carbocycles. The largest absolute Gasteiger partial charge is 1.00 e. The standard InChI is InChI=1S/C12H18N2O2.ClH/c1-13-12(15)16-9-10-5-7-11(8-6-10)14(2,3)4;/h5-8H,9H2,1-4H3;1H. The average Bonchev–Trinajstić information content (AvgIpc) is 2.25. The van der Waals surface area contributed by atoms with Crippen molar-refractivity contribution < 1.29 is 21.9 Å². The van der Waals surface area contributed by atoms with Crippen molar-refractivity contribution in [2.24, 2.45) is 0 Å². The monoisotopic (exact) mass is 258 g/mol. The fraction of sp³-hybridized carbons (Fsp3) is 0.417. The second-order valence-corrected chi connectivity index (χ2v) is 4.51. The van der Waals surface area contributed by atoms with Crippen molar-refractivity contribution in [2.75, 3.05) is 28.2 Å². The summed E-state index contributed by atoms with van der Waals surface area (Å²) in [6, 6.07) is 8.04. The van der Waals surface area contributed by atoms with Gasteiger partial charge in [-0.15, -0.1) is 0 Å². The second kappa shape index (κ2) is 6.47. The van der Waals surface area contributed by atoms with Crippen molar-refractivity contribution in [1.29, 1.82) is 0 Å². The Hall–Kier alpha value is -1.26. The molecule has 0 fully saturated rings. The quantitative estimate of drug-likeness (QED) is 0.688. The van der Waals surface area contributed by atoms with Gasteiger partial charge in [0, 0.05) is 7.05 Å². The molecule has 0 atom stereocenters. The number of rotatable bonds is 3. The summed E-state index contributed by atoms with van der Waals surface area (Å²) < 4.78 is 5.72. The van der Waals surface area contributed by atoms with E-state index in [-0.39, 0.29) is 12.4 Å². The maximum Gasteiger partial charge on any atom is 0.407 e. The molecule has 4 nitrogen and oxygen atoms in total. The topological polar surface area (TPSA) is 38.3 Å². The zero-order chi connectivity index (χ0) is 12.2. The maximum absolute atomic E-state index is 10.9. The molecule has 0 aromatic heterocycles. The van der Waals surface area contributed by atoms with E-state index < -0.39 is 6.09 Å². The third-order valence-corrected chi connectivity index (χ3v) is 2.28. The lowest BCUT2D eigenvalue weighted by molar-refractivity contribution is -0.00000937. The van der Waals surface area contributed by atoms with Gasteiger partial charge < -0.3 is 22.5 Å². The molecule has 1 N–H and O–H groups in total. The summed E-state index contributed by atoms with van der Waals surface area (Å²) in [4.78, 5) is 10.9. The maximum atomic E-state index is 10.9. The number of hydrogen-bond acceptors (Lipinski definition) is 2. The van der Waals surface area contributed by atoms with Crippen molar-refractivity contribution in [3.63, 3.8) is 0 Å². The first kappa shape index (κ1) is 15.7. The van der Waals surface area contributed by atoms with Crippen molar-refractivity contribution in [3.05, 3.63) is 29.8 Å². The Morgan fingerprint density at radius 2 is 1.76 bits per heavy atom. The number of quaternary nitrogens is 1. The lowest BCUT2D eigenvalue weighted by Gasteiger charge is -2.23. The summed E-state index contributed by atoms with van der Waals surface area (Å²) in [5, 5.41) is 2.41. The first-order chi connectivity index (χ1) is 7.43. The van der Waals surface area contributed by atoms with Crippen LogP contribution in [0.4, 0.5) is 10.5 Å². The summed E-state index contributed by atoms with van der Waals surface area (Å²) in [7, 11) is 7.87. The molecule has 0 heterocycles. The number of benzene rings is 1. The van der Waals surface area contributed by atoms with Gasteiger partial charge in [0.2, 0.25) is 0 Å². The highest BCUT2D eigenvalue weighted by molar-refractivity contribution is 5.66. The minimum Gasteiger partial charge on any atom is -1.00 e. The molecule has 0 aliphatic heterocycles. The van der Waals surface area contributed by atoms with Gasteiger partial charge in [0.25, 0.3) is 0 Å². The Kier molecular flexibility index (Phi) is 5.99. The number of nitrogens with one attached hydrogen (secondary N) is 1. The van der Waals surface area contributed by atoms with E-state index in [1.807, 2.05) is 24.3 Å². The predicted molar refractivity (Wildman–Crippen MR) is 65.3 cm³/mol. The van der Waals surface area contributed by atoms with Crippen molar-refractivity contribution in [1.82, 2.24) is 9.80 Å². The summed E-state index contributed by atoms with van der Waals surface area (Å²) >= 11 is 0. The Morgan fingerprint density at radius 1 is 1.24 bits per heavy atom. The van der Waals surface area contributed by atoms with Crippen LogP contribution in [0.15, 0.2) is 24.3 Å². The first-order valence-electron chi connectivity index (χ1n) is 5.19. The van der Waals surface area contributed by atoms with E-state index in [9.17, 15) is 4.79 Å². The molecule has 1 aromatic carbocycles. The Balaban J connectivity index is 0.00000256. The molecule has 0 bridgehead atoms. The molecular formula is C12H19ClN2O2. The van der Waals surface area contributed by atoms with Crippen LogP contribution in [-0.2, 0) is 11.3 Å². The highest BCUT2D eigenvalue weighted by Crippen LogP contribution is 2.17. The van der Waals surface area contributed by atoms with Gasteiger partial charge in [-0.2, -0.15) is 0 Å². The van der Waals surface area contributed by atoms with Gasteiger partial charge in [0.15, 0.2) is 0 Å². The third kappa shape index (κ3) is 5.06. The molecule has 0 aliphatic rings. The number of amides is 1. The smallest absolute Gasteiger partial charge is 0.407 e. The molecule has 0 saturated heterocycles. The number of carbonyl (C=O) groups excluding carboxylic acids is 1. The molecule has 0 spiro atoms. The number of alkyl carbamates (subject to hydrolysis) is 1. The van der Waals surface area contributed by atoms with Crippen LogP contribution >= 0.6 is 0 Å². The Labute approximate surface area is 109 Å². The van der Waals surface area contributed by atoms with Crippen LogP contribution in [0.3, 0.4) is 0 Å². The molecule has 1 aromatic rings. The van der Waals surface area contributed by atoms with Gasteiger partial charge in [0.1, 0.15) is 12.3 Å². The van der Waals surface area contributed by atoms with Crippen LogP contribution in [0, 0.1) is 0 Å². The van der Waals surface area contributed by atoms with Gasteiger partial charge in [-0.05, 0) is 29.8 Å². The highest BCUT2D eigenvalue weighted by Gasteiger charge is 2.11. The van der Waals surface area contributed by atoms with Crippen molar-refractivity contribution in [3.8, 4) is 0 Å². The zero-order valence-corrected chi connectivity index (χ0v) is 11.4. The molecule has 96 valence electrons. The van der Waals surface area contributed by atoms with E-state index in [2.05, 4.69) is 26.5 Å². The van der Waals surface area contributed by atoms with Crippen LogP contribution in [-0.4, -0.2) is 34.3 Å². The Morgan fingerprint density at radius 3 is 2.18 bits per heavy atom. The average molecular weight is 259 g/mol. The number of halogens is 1. The van der Waals surface area contributed by atoms with Crippen LogP contribution in [0.5, 0.6) is 0 Å². The van der Waals surface area contributed by atoms with Gasteiger partial charge >= 0.3 is 6.09 Å². The third-order valence-electron chi connectivity index (χ3n) is 2.28. The van der Waals surface area contributed by atoms with Gasteiger partial charge in [-0.1, -0.05) is 0 Å². The fourth-order valence-corrected chi connectivity index (χ4v) is 1.26. The van der Waals surface area contributed by atoms with Crippen LogP contribution in [0.2, 0.25) is 0 Å². The molecule has 17 heavy (non-hydrogen) atoms. The van der Waals surface area contributed by atoms with E-state index >= 15 is 0 Å². The van der Waals surface area contributed by atoms with Gasteiger partial charge in [0.05, 0.1) is 21.1 Å². The van der Waals surface area contributed by atoms with E-state index in [0.29, 0.717) is 6.61 Å². The van der Waals surface area contributed by atoms with Crippen molar-refractivity contribution in [2.45, 2.75) is 6.61 Å². The summed E-state index contributed by atoms with van der Waals surface area (Å²) in [5.74, 6) is 0. The minimum absolute atomic E-state index is 0. The fourth-order valence-electron chi connectivity index (χ4n) is 1.26. The van der Waals surface area contributed by atoms with Crippen LogP contribution in [0.1, 0.15) is 5.56 Å². The molecule has 0 radical (unpaired) electrons. The normalized spacial score (nSPS) is 10.4. The lowest BCUT2D eigenvalue weighted by atomic mass is 10.2. The molecule has 1 rings (SSSR count). The second-order valence-electron chi connectivity index (χ2n) is 4.51. The molecule has 0 saturated carbocycles. The van der Waals surface area contributed by atoms with Crippen LogP contribution < -0.4 is 22.2 Å². The Bertz CT molecular complexity index is 358.